The maximum atomic E-state index is 7.14. The molecular formula is C53H32ClN3O. The lowest BCUT2D eigenvalue weighted by Crippen LogP contribution is -2.00. The molecule has 0 unspecified atom stereocenters. The quantitative estimate of drug-likeness (QED) is 0.158. The van der Waals surface area contributed by atoms with E-state index in [2.05, 4.69) is 133 Å². The molecule has 0 aliphatic heterocycles. The van der Waals surface area contributed by atoms with E-state index in [1.165, 1.54) is 10.8 Å². The molecule has 5 heteroatoms. The molecule has 2 aromatic heterocycles. The van der Waals surface area contributed by atoms with Crippen molar-refractivity contribution in [3.8, 4) is 67.5 Å². The van der Waals surface area contributed by atoms with Crippen LogP contribution < -0.4 is 0 Å². The van der Waals surface area contributed by atoms with Crippen LogP contribution in [0.4, 0.5) is 0 Å². The number of halogens is 1. The lowest BCUT2D eigenvalue weighted by atomic mass is 9.90. The monoisotopic (exact) mass is 761 g/mol. The molecule has 0 fully saturated rings. The van der Waals surface area contributed by atoms with Crippen LogP contribution in [0.2, 0.25) is 5.02 Å². The Hall–Kier alpha value is -7.40. The van der Waals surface area contributed by atoms with Crippen molar-refractivity contribution in [2.45, 2.75) is 0 Å². The lowest BCUT2D eigenvalue weighted by Gasteiger charge is -2.14. The fourth-order valence-electron chi connectivity index (χ4n) is 8.18. The molecule has 0 atom stereocenters. The van der Waals surface area contributed by atoms with Gasteiger partial charge in [-0.25, -0.2) is 15.0 Å². The van der Waals surface area contributed by atoms with Gasteiger partial charge in [0.2, 0.25) is 0 Å². The van der Waals surface area contributed by atoms with Crippen LogP contribution in [-0.2, 0) is 0 Å². The summed E-state index contributed by atoms with van der Waals surface area (Å²) in [4.78, 5) is 15.4. The minimum Gasteiger partial charge on any atom is -0.456 e. The summed E-state index contributed by atoms with van der Waals surface area (Å²) in [7, 11) is 0. The number of hydrogen-bond donors (Lipinski definition) is 0. The molecule has 0 aliphatic carbocycles. The Morgan fingerprint density at radius 2 is 0.931 bits per heavy atom. The van der Waals surface area contributed by atoms with Crippen molar-refractivity contribution < 1.29 is 4.42 Å². The Labute approximate surface area is 339 Å². The second-order valence-corrected chi connectivity index (χ2v) is 14.9. The van der Waals surface area contributed by atoms with E-state index in [0.717, 1.165) is 77.2 Å². The van der Waals surface area contributed by atoms with Crippen molar-refractivity contribution in [3.05, 3.63) is 199 Å². The van der Waals surface area contributed by atoms with Crippen LogP contribution >= 0.6 is 11.6 Å². The van der Waals surface area contributed by atoms with Crippen LogP contribution in [0.15, 0.2) is 199 Å². The van der Waals surface area contributed by atoms with E-state index in [1.54, 1.807) is 0 Å². The minimum absolute atomic E-state index is 0.560. The number of hydrogen-bond acceptors (Lipinski definition) is 4. The van der Waals surface area contributed by atoms with Gasteiger partial charge in [-0.3, -0.25) is 0 Å². The Morgan fingerprint density at radius 1 is 0.328 bits per heavy atom. The highest BCUT2D eigenvalue weighted by Gasteiger charge is 2.20. The molecule has 58 heavy (non-hydrogen) atoms. The van der Waals surface area contributed by atoms with E-state index in [1.807, 2.05) is 60.7 Å². The number of aromatic nitrogens is 3. The predicted octanol–water partition coefficient (Wildman–Crippen LogP) is 14.7. The molecule has 0 N–H and O–H groups in total. The summed E-state index contributed by atoms with van der Waals surface area (Å²) in [6.07, 6.45) is 0. The Bertz CT molecular complexity index is 3340. The fraction of sp³-hybridized carbons (Fsp3) is 0. The molecule has 11 rings (SSSR count). The maximum absolute atomic E-state index is 7.14. The van der Waals surface area contributed by atoms with E-state index in [9.17, 15) is 0 Å². The third-order valence-electron chi connectivity index (χ3n) is 11.0. The summed E-state index contributed by atoms with van der Waals surface area (Å²) in [5, 5.41) is 7.15. The molecule has 0 saturated carbocycles. The normalized spacial score (nSPS) is 11.5. The Morgan fingerprint density at radius 3 is 1.69 bits per heavy atom. The predicted molar refractivity (Wildman–Crippen MR) is 240 cm³/mol. The summed E-state index contributed by atoms with van der Waals surface area (Å²) >= 11 is 7.14. The van der Waals surface area contributed by atoms with Crippen LogP contribution in [0.3, 0.4) is 0 Å². The van der Waals surface area contributed by atoms with Gasteiger partial charge < -0.3 is 4.42 Å². The first kappa shape index (κ1) is 33.9. The molecule has 0 aliphatic rings. The molecular weight excluding hydrogens is 730 g/mol. The van der Waals surface area contributed by atoms with Crippen LogP contribution in [0.25, 0.3) is 111 Å². The SMILES string of the molecule is Clc1cc2oc3cccc(-c4nc(-c5ccccc5)nc(-c5ccc6ccc7ccccc7c6c5)n4)c3c2cc1-c1ccc(-c2ccccc2)c(-c2ccccc2)c1. The zero-order valence-electron chi connectivity index (χ0n) is 31.1. The van der Waals surface area contributed by atoms with E-state index >= 15 is 0 Å². The topological polar surface area (TPSA) is 51.8 Å². The van der Waals surface area contributed by atoms with Gasteiger partial charge in [0, 0.05) is 39.1 Å². The van der Waals surface area contributed by atoms with Gasteiger partial charge in [-0.15, -0.1) is 0 Å². The van der Waals surface area contributed by atoms with Gasteiger partial charge in [0.05, 0.1) is 5.02 Å². The second-order valence-electron chi connectivity index (χ2n) is 14.5. The van der Waals surface area contributed by atoms with Crippen molar-refractivity contribution in [2.24, 2.45) is 0 Å². The Balaban J connectivity index is 1.11. The van der Waals surface area contributed by atoms with Crippen LogP contribution in [-0.4, -0.2) is 15.0 Å². The average molecular weight is 762 g/mol. The number of benzene rings is 9. The van der Waals surface area contributed by atoms with Crippen LogP contribution in [0.5, 0.6) is 0 Å². The van der Waals surface area contributed by atoms with Gasteiger partial charge >= 0.3 is 0 Å². The molecule has 9 aromatic carbocycles. The van der Waals surface area contributed by atoms with Gasteiger partial charge in [0.1, 0.15) is 11.2 Å². The number of nitrogens with zero attached hydrogens (tertiary/aromatic N) is 3. The summed E-state index contributed by atoms with van der Waals surface area (Å²) in [5.74, 6) is 1.75. The van der Waals surface area contributed by atoms with Crippen molar-refractivity contribution >= 4 is 55.1 Å². The molecule has 4 nitrogen and oxygen atoms in total. The molecule has 11 aromatic rings. The van der Waals surface area contributed by atoms with Crippen molar-refractivity contribution in [1.82, 2.24) is 15.0 Å². The molecule has 0 saturated heterocycles. The smallest absolute Gasteiger partial charge is 0.164 e. The molecule has 0 bridgehead atoms. The van der Waals surface area contributed by atoms with E-state index in [4.69, 9.17) is 31.0 Å². The zero-order chi connectivity index (χ0) is 38.6. The highest BCUT2D eigenvalue weighted by Crippen LogP contribution is 2.43. The summed E-state index contributed by atoms with van der Waals surface area (Å²) < 4.78 is 6.52. The first-order valence-electron chi connectivity index (χ1n) is 19.3. The molecule has 2 heterocycles. The van der Waals surface area contributed by atoms with Crippen molar-refractivity contribution in [1.29, 1.82) is 0 Å². The third-order valence-corrected chi connectivity index (χ3v) is 11.3. The maximum Gasteiger partial charge on any atom is 0.164 e. The van der Waals surface area contributed by atoms with Gasteiger partial charge in [0.15, 0.2) is 17.5 Å². The number of rotatable bonds is 6. The first-order valence-corrected chi connectivity index (χ1v) is 19.7. The summed E-state index contributed by atoms with van der Waals surface area (Å²) in [6, 6.07) is 67.0. The number of furan rings is 1. The van der Waals surface area contributed by atoms with E-state index in [0.29, 0.717) is 28.1 Å². The zero-order valence-corrected chi connectivity index (χ0v) is 31.9. The molecule has 272 valence electrons. The fourth-order valence-corrected chi connectivity index (χ4v) is 8.44. The molecule has 0 amide bonds. The summed E-state index contributed by atoms with van der Waals surface area (Å²) in [5.41, 5.74) is 10.6. The number of fused-ring (bicyclic) bond motifs is 6. The van der Waals surface area contributed by atoms with E-state index < -0.39 is 0 Å². The van der Waals surface area contributed by atoms with Gasteiger partial charge in [-0.1, -0.05) is 175 Å². The van der Waals surface area contributed by atoms with Crippen molar-refractivity contribution in [2.75, 3.05) is 0 Å². The van der Waals surface area contributed by atoms with E-state index in [-0.39, 0.29) is 0 Å². The highest BCUT2D eigenvalue weighted by atomic mass is 35.5. The van der Waals surface area contributed by atoms with Gasteiger partial charge in [-0.05, 0) is 73.6 Å². The highest BCUT2D eigenvalue weighted by molar-refractivity contribution is 6.34. The van der Waals surface area contributed by atoms with Gasteiger partial charge in [0.25, 0.3) is 0 Å². The first-order chi connectivity index (χ1) is 28.6. The minimum atomic E-state index is 0.560. The van der Waals surface area contributed by atoms with Gasteiger partial charge in [-0.2, -0.15) is 0 Å². The molecule has 0 spiro atoms. The average Bonchev–Trinajstić information content (AvgIpc) is 3.66. The third kappa shape index (κ3) is 5.90. The standard InChI is InChI=1S/C53H32ClN3O/c54-47-32-49-46(31-45(47)38-27-28-41(33-13-4-1-5-14-33)43(29-38)34-15-6-2-7-16-34)50-42(21-12-22-48(50)58-49)53-56-51(37-18-8-3-9-19-37)55-52(57-53)39-26-25-36-24-23-35-17-10-11-20-40(35)44(36)30-39/h1-32H. The largest absolute Gasteiger partial charge is 0.456 e. The van der Waals surface area contributed by atoms with Crippen molar-refractivity contribution in [3.63, 3.8) is 0 Å². The second kappa shape index (κ2) is 14.0. The lowest BCUT2D eigenvalue weighted by molar-refractivity contribution is 0.669. The van der Waals surface area contributed by atoms with Crippen LogP contribution in [0, 0.1) is 0 Å². The van der Waals surface area contributed by atoms with Crippen LogP contribution in [0.1, 0.15) is 0 Å². The Kier molecular flexibility index (Phi) is 8.16. The molecule has 0 radical (unpaired) electrons. The summed E-state index contributed by atoms with van der Waals surface area (Å²) in [6.45, 7) is 0.